The standard InChI is InChI=1S/C21H19NO4/c1-13-19(20(25-3)15-8-6-5-7-9-15)17-11-10-16(21(24)26-4)12-18(17)22(13)14(2)23/h5-12H,1H2,2-4H3/b20-19-. The maximum absolute atomic E-state index is 12.2. The van der Waals surface area contributed by atoms with Crippen molar-refractivity contribution >= 4 is 35.1 Å². The Morgan fingerprint density at radius 1 is 0.962 bits per heavy atom. The van der Waals surface area contributed by atoms with E-state index in [0.29, 0.717) is 22.2 Å². The number of esters is 1. The summed E-state index contributed by atoms with van der Waals surface area (Å²) in [5.41, 5.74) is 1.83. The number of nitrogens with zero attached hydrogens (tertiary/aromatic N) is 1. The van der Waals surface area contributed by atoms with Gasteiger partial charge in [0, 0.05) is 17.9 Å². The number of rotatable bonds is 3. The third-order valence-electron chi connectivity index (χ3n) is 4.27. The topological polar surface area (TPSA) is 57.5 Å². The summed E-state index contributed by atoms with van der Waals surface area (Å²) < 4.78 is 11.9. The smallest absolute Gasteiger partial charge is 0.337 e. The molecule has 26 heavy (non-hydrogen) atoms. The monoisotopic (exact) mass is 349 g/mol. The number of carbonyl (C=O) groups excluding carboxylic acids is 2. The van der Waals surface area contributed by atoms with Gasteiger partial charge in [0.2, 0.25) is 5.91 Å². The van der Waals surface area contributed by atoms with Crippen LogP contribution in [0, 0.1) is 0 Å². The zero-order chi connectivity index (χ0) is 18.8. The van der Waals surface area contributed by atoms with Gasteiger partial charge in [-0.2, -0.15) is 0 Å². The van der Waals surface area contributed by atoms with Crippen LogP contribution in [0.2, 0.25) is 0 Å². The van der Waals surface area contributed by atoms with E-state index in [2.05, 4.69) is 6.58 Å². The lowest BCUT2D eigenvalue weighted by Crippen LogP contribution is -2.32. The van der Waals surface area contributed by atoms with Crippen LogP contribution in [0.1, 0.15) is 27.6 Å². The summed E-state index contributed by atoms with van der Waals surface area (Å²) in [7, 11) is 2.91. The molecule has 0 radical (unpaired) electrons. The second-order valence-electron chi connectivity index (χ2n) is 5.80. The summed E-state index contributed by atoms with van der Waals surface area (Å²) in [6.45, 7) is 5.55. The average Bonchev–Trinajstić information content (AvgIpc) is 2.94. The first-order valence-corrected chi connectivity index (χ1v) is 8.06. The molecule has 0 bridgehead atoms. The summed E-state index contributed by atoms with van der Waals surface area (Å²) in [5.74, 6) is -0.0439. The fourth-order valence-electron chi connectivity index (χ4n) is 3.15. The van der Waals surface area contributed by atoms with Gasteiger partial charge in [-0.3, -0.25) is 9.36 Å². The number of aromatic nitrogens is 1. The summed E-state index contributed by atoms with van der Waals surface area (Å²) in [4.78, 5) is 24.1. The second kappa shape index (κ2) is 6.88. The predicted octanol–water partition coefficient (Wildman–Crippen LogP) is 2.30. The molecule has 1 aromatic heterocycles. The van der Waals surface area contributed by atoms with E-state index in [9.17, 15) is 9.59 Å². The Morgan fingerprint density at radius 3 is 2.23 bits per heavy atom. The molecule has 0 spiro atoms. The van der Waals surface area contributed by atoms with Crippen LogP contribution >= 0.6 is 0 Å². The Bertz CT molecular complexity index is 1110. The van der Waals surface area contributed by atoms with E-state index in [1.165, 1.54) is 18.6 Å². The molecule has 2 aromatic carbocycles. The minimum atomic E-state index is -0.464. The van der Waals surface area contributed by atoms with Gasteiger partial charge < -0.3 is 9.47 Å². The first kappa shape index (κ1) is 17.5. The molecule has 1 heterocycles. The van der Waals surface area contributed by atoms with Gasteiger partial charge in [-0.25, -0.2) is 4.79 Å². The van der Waals surface area contributed by atoms with E-state index < -0.39 is 5.97 Å². The first-order chi connectivity index (χ1) is 12.5. The SMILES string of the molecule is C=c1/c(=C(/OC)c2ccccc2)c2ccc(C(=O)OC)cc2n1C(C)=O. The molecule has 0 N–H and O–H groups in total. The highest BCUT2D eigenvalue weighted by Gasteiger charge is 2.16. The number of benzene rings is 2. The molecule has 5 nitrogen and oxygen atoms in total. The van der Waals surface area contributed by atoms with Crippen molar-refractivity contribution in [3.05, 3.63) is 70.2 Å². The van der Waals surface area contributed by atoms with Gasteiger partial charge in [0.1, 0.15) is 5.76 Å². The molecule has 0 fully saturated rings. The largest absolute Gasteiger partial charge is 0.495 e. The highest BCUT2D eigenvalue weighted by Crippen LogP contribution is 2.17. The molecular formula is C21H19NO4. The lowest BCUT2D eigenvalue weighted by molar-refractivity contribution is 0.0600. The van der Waals surface area contributed by atoms with Crippen molar-refractivity contribution in [2.45, 2.75) is 6.92 Å². The molecule has 132 valence electrons. The van der Waals surface area contributed by atoms with Gasteiger partial charge in [-0.05, 0) is 12.1 Å². The van der Waals surface area contributed by atoms with Crippen molar-refractivity contribution in [1.82, 2.24) is 4.57 Å². The summed E-state index contributed by atoms with van der Waals surface area (Å²) in [6, 6.07) is 14.7. The fourth-order valence-corrected chi connectivity index (χ4v) is 3.15. The number of methoxy groups -OCH3 is 2. The van der Waals surface area contributed by atoms with Gasteiger partial charge in [0.05, 0.1) is 35.9 Å². The van der Waals surface area contributed by atoms with Crippen molar-refractivity contribution in [2.24, 2.45) is 0 Å². The van der Waals surface area contributed by atoms with Crippen LogP contribution in [0.25, 0.3) is 23.2 Å². The third kappa shape index (κ3) is 2.77. The van der Waals surface area contributed by atoms with Crippen molar-refractivity contribution in [1.29, 1.82) is 0 Å². The van der Waals surface area contributed by atoms with Gasteiger partial charge in [-0.1, -0.05) is 43.0 Å². The van der Waals surface area contributed by atoms with E-state index in [1.807, 2.05) is 30.3 Å². The Kier molecular flexibility index (Phi) is 4.63. The quantitative estimate of drug-likeness (QED) is 0.681. The van der Waals surface area contributed by atoms with Crippen molar-refractivity contribution < 1.29 is 19.1 Å². The molecule has 3 rings (SSSR count). The third-order valence-corrected chi connectivity index (χ3v) is 4.27. The zero-order valence-corrected chi connectivity index (χ0v) is 14.9. The normalized spacial score (nSPS) is 12.0. The highest BCUT2D eigenvalue weighted by molar-refractivity contribution is 5.98. The van der Waals surface area contributed by atoms with Crippen molar-refractivity contribution in [3.63, 3.8) is 0 Å². The van der Waals surface area contributed by atoms with Gasteiger partial charge in [0.25, 0.3) is 0 Å². The molecule has 0 saturated heterocycles. The number of ether oxygens (including phenoxy) is 2. The van der Waals surface area contributed by atoms with Gasteiger partial charge >= 0.3 is 5.97 Å². The lowest BCUT2D eigenvalue weighted by atomic mass is 10.1. The summed E-state index contributed by atoms with van der Waals surface area (Å²) >= 11 is 0. The molecule has 0 amide bonds. The Morgan fingerprint density at radius 2 is 1.65 bits per heavy atom. The maximum atomic E-state index is 12.2. The van der Waals surface area contributed by atoms with E-state index in [4.69, 9.17) is 9.47 Å². The molecule has 0 unspecified atom stereocenters. The molecule has 0 aliphatic rings. The molecule has 0 atom stereocenters. The van der Waals surface area contributed by atoms with Crippen LogP contribution in [0.3, 0.4) is 0 Å². The Labute approximate surface area is 150 Å². The van der Waals surface area contributed by atoms with Gasteiger partial charge in [0.15, 0.2) is 0 Å². The maximum Gasteiger partial charge on any atom is 0.337 e. The molecule has 3 aromatic rings. The molecule has 0 saturated carbocycles. The number of carbonyl (C=O) groups is 2. The fraction of sp³-hybridized carbons (Fsp3) is 0.143. The molecular weight excluding hydrogens is 330 g/mol. The Hall–Kier alpha value is -3.34. The number of fused-ring (bicyclic) bond motifs is 1. The van der Waals surface area contributed by atoms with Crippen LogP contribution in [-0.2, 0) is 9.47 Å². The zero-order valence-electron chi connectivity index (χ0n) is 14.9. The van der Waals surface area contributed by atoms with E-state index in [0.717, 1.165) is 16.2 Å². The molecule has 0 aliphatic heterocycles. The highest BCUT2D eigenvalue weighted by atomic mass is 16.5. The van der Waals surface area contributed by atoms with Crippen molar-refractivity contribution in [2.75, 3.05) is 14.2 Å². The van der Waals surface area contributed by atoms with Crippen LogP contribution in [-0.4, -0.2) is 30.7 Å². The summed E-state index contributed by atoms with van der Waals surface area (Å²) in [6.07, 6.45) is 0. The van der Waals surface area contributed by atoms with Crippen LogP contribution in [0.5, 0.6) is 0 Å². The van der Waals surface area contributed by atoms with Crippen LogP contribution in [0.15, 0.2) is 48.5 Å². The molecule has 5 heteroatoms. The number of hydrogen-bond donors (Lipinski definition) is 0. The first-order valence-electron chi connectivity index (χ1n) is 8.06. The van der Waals surface area contributed by atoms with E-state index in [-0.39, 0.29) is 5.91 Å². The summed E-state index contributed by atoms with van der Waals surface area (Å²) in [5, 5.41) is 2.01. The van der Waals surface area contributed by atoms with Crippen LogP contribution in [0.4, 0.5) is 0 Å². The Balaban J connectivity index is 2.50. The van der Waals surface area contributed by atoms with E-state index in [1.54, 1.807) is 25.3 Å². The molecule has 0 aliphatic carbocycles. The van der Waals surface area contributed by atoms with Gasteiger partial charge in [-0.15, -0.1) is 0 Å². The lowest BCUT2D eigenvalue weighted by Gasteiger charge is -2.06. The second-order valence-corrected chi connectivity index (χ2v) is 5.80. The van der Waals surface area contributed by atoms with E-state index >= 15 is 0 Å². The minimum Gasteiger partial charge on any atom is -0.495 e. The number of hydrogen-bond acceptors (Lipinski definition) is 4. The van der Waals surface area contributed by atoms with Crippen molar-refractivity contribution in [3.8, 4) is 0 Å². The minimum absolute atomic E-state index is 0.197. The van der Waals surface area contributed by atoms with Crippen LogP contribution < -0.4 is 10.6 Å². The predicted molar refractivity (Wildman–Crippen MR) is 100 cm³/mol. The average molecular weight is 349 g/mol.